The van der Waals surface area contributed by atoms with Crippen LogP contribution in [0.3, 0.4) is 0 Å². The summed E-state index contributed by atoms with van der Waals surface area (Å²) in [5.41, 5.74) is 1.01. The number of nitrogens with one attached hydrogen (secondary N) is 1. The molecule has 1 atom stereocenters. The van der Waals surface area contributed by atoms with Crippen LogP contribution in [-0.2, 0) is 0 Å². The minimum Gasteiger partial charge on any atom is -0.357 e. The van der Waals surface area contributed by atoms with Crippen LogP contribution in [0.2, 0.25) is 0 Å². The summed E-state index contributed by atoms with van der Waals surface area (Å²) in [6, 6.07) is 2.69. The number of likely N-dealkylation sites (N-methyl/N-ethyl adjacent to an activating group) is 1. The first kappa shape index (κ1) is 13.1. The van der Waals surface area contributed by atoms with Crippen molar-refractivity contribution >= 4 is 11.8 Å². The molecule has 0 amide bonds. The third-order valence-electron chi connectivity index (χ3n) is 3.52. The predicted octanol–water partition coefficient (Wildman–Crippen LogP) is 1.36. The summed E-state index contributed by atoms with van der Waals surface area (Å²) in [5, 5.41) is 3.02. The van der Waals surface area contributed by atoms with Gasteiger partial charge in [-0.1, -0.05) is 0 Å². The molecule has 1 aliphatic heterocycles. The van der Waals surface area contributed by atoms with Crippen LogP contribution in [0.15, 0.2) is 6.07 Å². The van der Waals surface area contributed by atoms with Crippen LogP contribution in [0.4, 0.5) is 11.8 Å². The van der Waals surface area contributed by atoms with E-state index in [1.165, 1.54) is 12.8 Å². The standard InChI is InChI=1S/C13H23N5/c1-10-8-12(16-13(14-2)15-10)18-7-5-6-11(9-18)17(3)4/h8,11H,5-7,9H2,1-4H3,(H,14,15,16). The monoisotopic (exact) mass is 249 g/mol. The van der Waals surface area contributed by atoms with E-state index in [4.69, 9.17) is 0 Å². The van der Waals surface area contributed by atoms with Crippen molar-refractivity contribution in [3.8, 4) is 0 Å². The molecule has 0 aliphatic carbocycles. The Kier molecular flexibility index (Phi) is 4.01. The Balaban J connectivity index is 2.17. The van der Waals surface area contributed by atoms with E-state index >= 15 is 0 Å². The number of anilines is 2. The maximum atomic E-state index is 4.55. The summed E-state index contributed by atoms with van der Waals surface area (Å²) in [5.74, 6) is 1.75. The van der Waals surface area contributed by atoms with Gasteiger partial charge in [0.1, 0.15) is 5.82 Å². The fraction of sp³-hybridized carbons (Fsp3) is 0.692. The SMILES string of the molecule is CNc1nc(C)cc(N2CCCC(N(C)C)C2)n1. The van der Waals surface area contributed by atoms with Gasteiger partial charge in [0.05, 0.1) is 0 Å². The normalized spacial score (nSPS) is 20.3. The first-order valence-corrected chi connectivity index (χ1v) is 6.55. The topological polar surface area (TPSA) is 44.3 Å². The molecule has 0 saturated carbocycles. The summed E-state index contributed by atoms with van der Waals surface area (Å²) in [7, 11) is 6.16. The molecular weight excluding hydrogens is 226 g/mol. The molecule has 2 heterocycles. The van der Waals surface area contributed by atoms with Gasteiger partial charge in [0, 0.05) is 37.9 Å². The van der Waals surface area contributed by atoms with Gasteiger partial charge in [0.25, 0.3) is 0 Å². The van der Waals surface area contributed by atoms with Crippen LogP contribution in [0, 0.1) is 6.92 Å². The quantitative estimate of drug-likeness (QED) is 0.876. The Morgan fingerprint density at radius 2 is 2.17 bits per heavy atom. The third kappa shape index (κ3) is 2.90. The van der Waals surface area contributed by atoms with Crippen LogP contribution < -0.4 is 10.2 Å². The molecule has 1 unspecified atom stereocenters. The van der Waals surface area contributed by atoms with Crippen molar-refractivity contribution in [3.05, 3.63) is 11.8 Å². The van der Waals surface area contributed by atoms with Gasteiger partial charge < -0.3 is 15.1 Å². The highest BCUT2D eigenvalue weighted by Crippen LogP contribution is 2.21. The van der Waals surface area contributed by atoms with Gasteiger partial charge in [-0.2, -0.15) is 4.98 Å². The Morgan fingerprint density at radius 1 is 1.39 bits per heavy atom. The first-order chi connectivity index (χ1) is 8.60. The van der Waals surface area contributed by atoms with Crippen LogP contribution in [0.25, 0.3) is 0 Å². The van der Waals surface area contributed by atoms with E-state index in [-0.39, 0.29) is 0 Å². The number of aryl methyl sites for hydroxylation is 1. The molecule has 5 heteroatoms. The van der Waals surface area contributed by atoms with Gasteiger partial charge in [-0.3, -0.25) is 0 Å². The second-order valence-corrected chi connectivity index (χ2v) is 5.15. The molecule has 1 saturated heterocycles. The second-order valence-electron chi connectivity index (χ2n) is 5.15. The number of rotatable bonds is 3. The van der Waals surface area contributed by atoms with Gasteiger partial charge in [0.2, 0.25) is 5.95 Å². The Bertz CT molecular complexity index is 404. The molecule has 1 fully saturated rings. The van der Waals surface area contributed by atoms with Gasteiger partial charge in [-0.05, 0) is 33.9 Å². The summed E-state index contributed by atoms with van der Waals surface area (Å²) in [6.45, 7) is 4.15. The maximum Gasteiger partial charge on any atom is 0.224 e. The van der Waals surface area contributed by atoms with Gasteiger partial charge in [-0.25, -0.2) is 4.98 Å². The third-order valence-corrected chi connectivity index (χ3v) is 3.52. The highest BCUT2D eigenvalue weighted by molar-refractivity contribution is 5.45. The molecule has 0 spiro atoms. The first-order valence-electron chi connectivity index (χ1n) is 6.55. The van der Waals surface area contributed by atoms with Crippen molar-refractivity contribution in [1.29, 1.82) is 0 Å². The zero-order valence-electron chi connectivity index (χ0n) is 11.8. The van der Waals surface area contributed by atoms with E-state index in [0.717, 1.165) is 24.6 Å². The molecule has 1 N–H and O–H groups in total. The van der Waals surface area contributed by atoms with Crippen LogP contribution in [0.5, 0.6) is 0 Å². The predicted molar refractivity (Wildman–Crippen MR) is 75.2 cm³/mol. The van der Waals surface area contributed by atoms with E-state index < -0.39 is 0 Å². The zero-order valence-corrected chi connectivity index (χ0v) is 11.8. The number of aromatic nitrogens is 2. The Labute approximate surface area is 109 Å². The highest BCUT2D eigenvalue weighted by Gasteiger charge is 2.22. The fourth-order valence-corrected chi connectivity index (χ4v) is 2.41. The van der Waals surface area contributed by atoms with Crippen molar-refractivity contribution < 1.29 is 0 Å². The van der Waals surface area contributed by atoms with Gasteiger partial charge >= 0.3 is 0 Å². The number of hydrogen-bond acceptors (Lipinski definition) is 5. The summed E-state index contributed by atoms with van der Waals surface area (Å²) < 4.78 is 0. The lowest BCUT2D eigenvalue weighted by Gasteiger charge is -2.36. The van der Waals surface area contributed by atoms with Crippen molar-refractivity contribution in [2.75, 3.05) is 44.4 Å². The maximum absolute atomic E-state index is 4.55. The van der Waals surface area contributed by atoms with Crippen LogP contribution in [-0.4, -0.2) is 55.1 Å². The average Bonchev–Trinajstić information content (AvgIpc) is 2.38. The molecule has 5 nitrogen and oxygen atoms in total. The molecular formula is C13H23N5. The number of nitrogens with zero attached hydrogens (tertiary/aromatic N) is 4. The number of piperidine rings is 1. The summed E-state index contributed by atoms with van der Waals surface area (Å²) in [6.07, 6.45) is 2.49. The molecule has 0 radical (unpaired) electrons. The summed E-state index contributed by atoms with van der Waals surface area (Å²) in [4.78, 5) is 13.6. The summed E-state index contributed by atoms with van der Waals surface area (Å²) >= 11 is 0. The Morgan fingerprint density at radius 3 is 2.83 bits per heavy atom. The van der Waals surface area contributed by atoms with E-state index in [1.807, 2.05) is 14.0 Å². The molecule has 1 aromatic rings. The zero-order chi connectivity index (χ0) is 13.1. The van der Waals surface area contributed by atoms with Crippen molar-refractivity contribution in [1.82, 2.24) is 14.9 Å². The second kappa shape index (κ2) is 5.52. The molecule has 2 rings (SSSR count). The molecule has 18 heavy (non-hydrogen) atoms. The minimum absolute atomic E-state index is 0.618. The molecule has 100 valence electrons. The minimum atomic E-state index is 0.618. The Hall–Kier alpha value is -1.36. The highest BCUT2D eigenvalue weighted by atomic mass is 15.3. The van der Waals surface area contributed by atoms with E-state index in [2.05, 4.69) is 45.2 Å². The van der Waals surface area contributed by atoms with E-state index in [0.29, 0.717) is 12.0 Å². The van der Waals surface area contributed by atoms with Crippen molar-refractivity contribution in [3.63, 3.8) is 0 Å². The lowest BCUT2D eigenvalue weighted by molar-refractivity contribution is 0.257. The molecule has 1 aromatic heterocycles. The van der Waals surface area contributed by atoms with Crippen molar-refractivity contribution in [2.24, 2.45) is 0 Å². The van der Waals surface area contributed by atoms with Crippen LogP contribution in [0.1, 0.15) is 18.5 Å². The van der Waals surface area contributed by atoms with E-state index in [9.17, 15) is 0 Å². The van der Waals surface area contributed by atoms with Gasteiger partial charge in [0.15, 0.2) is 0 Å². The smallest absolute Gasteiger partial charge is 0.224 e. The molecule has 1 aliphatic rings. The largest absolute Gasteiger partial charge is 0.357 e. The molecule has 0 aromatic carbocycles. The van der Waals surface area contributed by atoms with Gasteiger partial charge in [-0.15, -0.1) is 0 Å². The average molecular weight is 249 g/mol. The lowest BCUT2D eigenvalue weighted by atomic mass is 10.1. The lowest BCUT2D eigenvalue weighted by Crippen LogP contribution is -2.45. The van der Waals surface area contributed by atoms with E-state index in [1.54, 1.807) is 0 Å². The van der Waals surface area contributed by atoms with Crippen LogP contribution >= 0.6 is 0 Å². The molecule has 0 bridgehead atoms. The number of hydrogen-bond donors (Lipinski definition) is 1. The van der Waals surface area contributed by atoms with Crippen molar-refractivity contribution in [2.45, 2.75) is 25.8 Å². The fourth-order valence-electron chi connectivity index (χ4n) is 2.41.